The molecule has 8 nitrogen and oxygen atoms in total. The molecule has 1 spiro atoms. The molecule has 33 heavy (non-hydrogen) atoms. The summed E-state index contributed by atoms with van der Waals surface area (Å²) < 4.78 is 22.2. The standard InChI is InChI=1S/C25H24N2O6/c1-30-17-5-2-15(3-6-17)9-11-26-23(28)21-19-8-10-25(33-19)13-27(24(29)22(21)25)16-4-7-18-20(12-16)32-14-31-18/h2-8,10,12,19,21-22H,9,11,13-14H2,1H3,(H,26,28)/t19?,21?,22?,25-/m1/s1. The number of rotatable bonds is 6. The molecule has 0 aromatic heterocycles. The highest BCUT2D eigenvalue weighted by atomic mass is 16.7. The van der Waals surface area contributed by atoms with E-state index in [1.54, 1.807) is 24.1 Å². The Hall–Kier alpha value is -3.52. The number of nitrogens with zero attached hydrogens (tertiary/aromatic N) is 1. The van der Waals surface area contributed by atoms with Gasteiger partial charge in [0, 0.05) is 18.3 Å². The zero-order valence-electron chi connectivity index (χ0n) is 18.2. The summed E-state index contributed by atoms with van der Waals surface area (Å²) in [5, 5.41) is 3.01. The lowest BCUT2D eigenvalue weighted by Crippen LogP contribution is -2.44. The molecule has 1 N–H and O–H groups in total. The average Bonchev–Trinajstić information content (AvgIpc) is 3.59. The number of fused-ring (bicyclic) bond motifs is 2. The average molecular weight is 448 g/mol. The number of hydrogen-bond acceptors (Lipinski definition) is 6. The van der Waals surface area contributed by atoms with E-state index in [4.69, 9.17) is 18.9 Å². The number of methoxy groups -OCH3 is 1. The summed E-state index contributed by atoms with van der Waals surface area (Å²) in [7, 11) is 1.63. The molecule has 4 aliphatic rings. The quantitative estimate of drug-likeness (QED) is 0.681. The summed E-state index contributed by atoms with van der Waals surface area (Å²) in [6, 6.07) is 13.2. The normalized spacial score (nSPS) is 28.3. The van der Waals surface area contributed by atoms with E-state index in [1.807, 2.05) is 42.5 Å². The van der Waals surface area contributed by atoms with Gasteiger partial charge in [0.2, 0.25) is 18.6 Å². The fraction of sp³-hybridized carbons (Fsp3) is 0.360. The van der Waals surface area contributed by atoms with E-state index in [9.17, 15) is 9.59 Å². The van der Waals surface area contributed by atoms with Gasteiger partial charge in [0.25, 0.3) is 0 Å². The summed E-state index contributed by atoms with van der Waals surface area (Å²) in [4.78, 5) is 28.3. The number of hydrogen-bond donors (Lipinski definition) is 1. The van der Waals surface area contributed by atoms with Crippen molar-refractivity contribution in [2.24, 2.45) is 11.8 Å². The number of anilines is 1. The summed E-state index contributed by atoms with van der Waals surface area (Å²) >= 11 is 0. The van der Waals surface area contributed by atoms with E-state index in [0.717, 1.165) is 11.3 Å². The van der Waals surface area contributed by atoms with Crippen molar-refractivity contribution in [2.75, 3.05) is 31.9 Å². The molecule has 170 valence electrons. The minimum absolute atomic E-state index is 0.101. The van der Waals surface area contributed by atoms with E-state index in [1.165, 1.54) is 0 Å². The fourth-order valence-corrected chi connectivity index (χ4v) is 5.31. The van der Waals surface area contributed by atoms with Gasteiger partial charge in [-0.1, -0.05) is 24.3 Å². The summed E-state index contributed by atoms with van der Waals surface area (Å²) in [6.07, 6.45) is 4.19. The van der Waals surface area contributed by atoms with Crippen LogP contribution < -0.4 is 24.4 Å². The van der Waals surface area contributed by atoms with Gasteiger partial charge in [-0.25, -0.2) is 0 Å². The first-order valence-electron chi connectivity index (χ1n) is 11.1. The lowest BCUT2D eigenvalue weighted by molar-refractivity contribution is -0.131. The molecule has 4 aliphatic heterocycles. The highest BCUT2D eigenvalue weighted by Gasteiger charge is 2.67. The maximum absolute atomic E-state index is 13.5. The van der Waals surface area contributed by atoms with E-state index in [-0.39, 0.29) is 24.7 Å². The van der Waals surface area contributed by atoms with Crippen molar-refractivity contribution in [1.29, 1.82) is 0 Å². The monoisotopic (exact) mass is 448 g/mol. The molecule has 0 aliphatic carbocycles. The van der Waals surface area contributed by atoms with Crippen LogP contribution in [0.3, 0.4) is 0 Å². The van der Waals surface area contributed by atoms with Crippen molar-refractivity contribution < 1.29 is 28.5 Å². The SMILES string of the molecule is COc1ccc(CCNC(=O)C2C3C=C[C@]4(CN(c5ccc6c(c5)OCO6)C(=O)C24)O3)cc1. The summed E-state index contributed by atoms with van der Waals surface area (Å²) in [5.41, 5.74) is 1.05. The first-order valence-corrected chi connectivity index (χ1v) is 11.1. The van der Waals surface area contributed by atoms with E-state index < -0.39 is 17.4 Å². The van der Waals surface area contributed by atoms with Crippen molar-refractivity contribution in [3.05, 3.63) is 60.2 Å². The van der Waals surface area contributed by atoms with Gasteiger partial charge >= 0.3 is 0 Å². The third-order valence-electron chi connectivity index (χ3n) is 6.94. The highest BCUT2D eigenvalue weighted by molar-refractivity contribution is 6.03. The molecule has 4 heterocycles. The fourth-order valence-electron chi connectivity index (χ4n) is 5.31. The van der Waals surface area contributed by atoms with Crippen molar-refractivity contribution in [1.82, 2.24) is 5.32 Å². The Morgan fingerprint density at radius 2 is 2.00 bits per heavy atom. The first kappa shape index (κ1) is 20.1. The van der Waals surface area contributed by atoms with Crippen LogP contribution in [0.4, 0.5) is 5.69 Å². The Labute approximate surface area is 191 Å². The van der Waals surface area contributed by atoms with Crippen LogP contribution in [0.25, 0.3) is 0 Å². The minimum Gasteiger partial charge on any atom is -0.497 e. The van der Waals surface area contributed by atoms with Crippen LogP contribution in [-0.4, -0.2) is 50.5 Å². The largest absolute Gasteiger partial charge is 0.497 e. The number of carbonyl (C=O) groups excluding carboxylic acids is 2. The lowest BCUT2D eigenvalue weighted by Gasteiger charge is -2.23. The second kappa shape index (κ2) is 7.52. The Morgan fingerprint density at radius 1 is 1.18 bits per heavy atom. The molecular formula is C25H24N2O6. The number of nitrogens with one attached hydrogen (secondary N) is 1. The third kappa shape index (κ3) is 3.16. The molecule has 6 rings (SSSR count). The maximum atomic E-state index is 13.5. The molecule has 2 saturated heterocycles. The summed E-state index contributed by atoms with van der Waals surface area (Å²) in [6.45, 7) is 1.03. The van der Waals surface area contributed by atoms with Crippen molar-refractivity contribution in [2.45, 2.75) is 18.1 Å². The molecule has 4 atom stereocenters. The van der Waals surface area contributed by atoms with E-state index in [2.05, 4.69) is 5.32 Å². The second-order valence-corrected chi connectivity index (χ2v) is 8.75. The van der Waals surface area contributed by atoms with Gasteiger partial charge in [0.1, 0.15) is 11.4 Å². The van der Waals surface area contributed by atoms with Crippen LogP contribution in [0.2, 0.25) is 0 Å². The molecule has 3 unspecified atom stereocenters. The van der Waals surface area contributed by atoms with Gasteiger partial charge in [-0.15, -0.1) is 0 Å². The van der Waals surface area contributed by atoms with Crippen LogP contribution >= 0.6 is 0 Å². The van der Waals surface area contributed by atoms with Crippen LogP contribution in [0, 0.1) is 11.8 Å². The molecule has 2 bridgehead atoms. The molecular weight excluding hydrogens is 424 g/mol. The summed E-state index contributed by atoms with van der Waals surface area (Å²) in [5.74, 6) is 0.738. The van der Waals surface area contributed by atoms with Gasteiger partial charge in [0.05, 0.1) is 31.6 Å². The van der Waals surface area contributed by atoms with E-state index in [0.29, 0.717) is 36.7 Å². The van der Waals surface area contributed by atoms with Crippen LogP contribution in [0.15, 0.2) is 54.6 Å². The van der Waals surface area contributed by atoms with Gasteiger partial charge in [-0.05, 0) is 36.2 Å². The number of amides is 2. The van der Waals surface area contributed by atoms with Gasteiger partial charge in [-0.3, -0.25) is 9.59 Å². The molecule has 2 fully saturated rings. The number of benzene rings is 2. The van der Waals surface area contributed by atoms with Crippen LogP contribution in [0.1, 0.15) is 5.56 Å². The maximum Gasteiger partial charge on any atom is 0.234 e. The van der Waals surface area contributed by atoms with Crippen molar-refractivity contribution in [3.8, 4) is 17.2 Å². The molecule has 2 aromatic carbocycles. The Balaban J connectivity index is 1.16. The topological polar surface area (TPSA) is 86.3 Å². The number of ether oxygens (including phenoxy) is 4. The van der Waals surface area contributed by atoms with Gasteiger partial charge < -0.3 is 29.2 Å². The van der Waals surface area contributed by atoms with Gasteiger partial charge in [-0.2, -0.15) is 0 Å². The third-order valence-corrected chi connectivity index (χ3v) is 6.94. The zero-order valence-corrected chi connectivity index (χ0v) is 18.2. The second-order valence-electron chi connectivity index (χ2n) is 8.75. The Morgan fingerprint density at radius 3 is 2.82 bits per heavy atom. The Bertz CT molecular complexity index is 1150. The highest BCUT2D eigenvalue weighted by Crippen LogP contribution is 2.53. The minimum atomic E-state index is -0.768. The zero-order chi connectivity index (χ0) is 22.6. The van der Waals surface area contributed by atoms with Crippen LogP contribution in [0.5, 0.6) is 17.2 Å². The van der Waals surface area contributed by atoms with E-state index >= 15 is 0 Å². The molecule has 2 amide bonds. The molecule has 2 aromatic rings. The predicted octanol–water partition coefficient (Wildman–Crippen LogP) is 2.07. The molecule has 0 saturated carbocycles. The Kier molecular flexibility index (Phi) is 4.58. The molecule has 8 heteroatoms. The van der Waals surface area contributed by atoms with Crippen molar-refractivity contribution in [3.63, 3.8) is 0 Å². The molecule has 0 radical (unpaired) electrons. The van der Waals surface area contributed by atoms with Crippen molar-refractivity contribution >= 4 is 17.5 Å². The van der Waals surface area contributed by atoms with Gasteiger partial charge in [0.15, 0.2) is 11.5 Å². The smallest absolute Gasteiger partial charge is 0.234 e. The first-order chi connectivity index (χ1) is 16.1. The van der Waals surface area contributed by atoms with Crippen LogP contribution in [-0.2, 0) is 20.7 Å². The lowest BCUT2D eigenvalue weighted by atomic mass is 9.77. The number of carbonyl (C=O) groups is 2. The predicted molar refractivity (Wildman–Crippen MR) is 118 cm³/mol.